The number of carbonyl (C=O) groups is 2. The van der Waals surface area contributed by atoms with Gasteiger partial charge in [0.1, 0.15) is 0 Å². The molecule has 0 fully saturated rings. The molecule has 0 saturated heterocycles. The Kier molecular flexibility index (Phi) is 4.83. The van der Waals surface area contributed by atoms with Crippen LogP contribution in [0.25, 0.3) is 10.9 Å². The van der Waals surface area contributed by atoms with E-state index in [1.165, 1.54) is 0 Å². The van der Waals surface area contributed by atoms with E-state index in [4.69, 9.17) is 5.26 Å². The molecular formula is C22H19N5O2. The van der Waals surface area contributed by atoms with Gasteiger partial charge in [-0.1, -0.05) is 12.1 Å². The van der Waals surface area contributed by atoms with E-state index in [0.717, 1.165) is 22.0 Å². The van der Waals surface area contributed by atoms with E-state index in [9.17, 15) is 9.59 Å². The zero-order chi connectivity index (χ0) is 20.4. The Balaban J connectivity index is 1.56. The Hall–Kier alpha value is -3.92. The second-order valence-corrected chi connectivity index (χ2v) is 7.09. The number of aromatic nitrogens is 2. The molecule has 0 radical (unpaired) electrons. The van der Waals surface area contributed by atoms with Gasteiger partial charge >= 0.3 is 0 Å². The van der Waals surface area contributed by atoms with Crippen molar-refractivity contribution in [2.75, 3.05) is 5.32 Å². The fraction of sp³-hybridized carbons (Fsp3) is 0.182. The maximum Gasteiger partial charge on any atom is 0.228 e. The maximum absolute atomic E-state index is 12.7. The van der Waals surface area contributed by atoms with Gasteiger partial charge in [-0.05, 0) is 48.4 Å². The summed E-state index contributed by atoms with van der Waals surface area (Å²) in [7, 11) is 0. The molecule has 3 N–H and O–H groups in total. The summed E-state index contributed by atoms with van der Waals surface area (Å²) in [5.41, 5.74) is 4.64. The summed E-state index contributed by atoms with van der Waals surface area (Å²) in [6.45, 7) is 1.81. The van der Waals surface area contributed by atoms with Crippen LogP contribution in [0.15, 0.2) is 59.9 Å². The van der Waals surface area contributed by atoms with Crippen LogP contribution < -0.4 is 10.6 Å². The number of nitriles is 1. The molecule has 1 aliphatic rings. The number of allylic oxidation sites excluding steroid dienone is 1. The molecule has 3 aromatic rings. The summed E-state index contributed by atoms with van der Waals surface area (Å²) in [6, 6.07) is 14.8. The van der Waals surface area contributed by atoms with Gasteiger partial charge in [-0.25, -0.2) is 0 Å². The molecule has 7 nitrogen and oxygen atoms in total. The lowest BCUT2D eigenvalue weighted by atomic mass is 9.82. The number of hydrogen-bond donors (Lipinski definition) is 3. The molecule has 144 valence electrons. The van der Waals surface area contributed by atoms with Gasteiger partial charge in [0.25, 0.3) is 0 Å². The number of nitrogens with zero attached hydrogens (tertiary/aromatic N) is 2. The molecule has 29 heavy (non-hydrogen) atoms. The van der Waals surface area contributed by atoms with Crippen LogP contribution >= 0.6 is 0 Å². The van der Waals surface area contributed by atoms with Crippen molar-refractivity contribution in [1.82, 2.24) is 15.5 Å². The van der Waals surface area contributed by atoms with Crippen molar-refractivity contribution in [1.29, 1.82) is 5.26 Å². The third-order valence-corrected chi connectivity index (χ3v) is 5.14. The topological polar surface area (TPSA) is 111 Å². The van der Waals surface area contributed by atoms with E-state index in [0.29, 0.717) is 16.9 Å². The number of hydrogen-bond acceptors (Lipinski definition) is 4. The van der Waals surface area contributed by atoms with Crippen molar-refractivity contribution in [2.45, 2.75) is 25.7 Å². The number of rotatable bonds is 4. The van der Waals surface area contributed by atoms with Crippen LogP contribution in [0.2, 0.25) is 0 Å². The van der Waals surface area contributed by atoms with E-state index in [1.54, 1.807) is 18.3 Å². The molecule has 4 rings (SSSR count). The highest BCUT2D eigenvalue weighted by Crippen LogP contribution is 2.35. The number of amides is 2. The van der Waals surface area contributed by atoms with Gasteiger partial charge in [0.05, 0.1) is 29.8 Å². The molecule has 0 aliphatic carbocycles. The molecule has 1 atom stereocenters. The Morgan fingerprint density at radius 2 is 2.07 bits per heavy atom. The van der Waals surface area contributed by atoms with Gasteiger partial charge in [-0.2, -0.15) is 10.4 Å². The van der Waals surface area contributed by atoms with E-state index < -0.39 is 0 Å². The summed E-state index contributed by atoms with van der Waals surface area (Å²) in [5.74, 6) is -0.429. The highest BCUT2D eigenvalue weighted by molar-refractivity contribution is 5.95. The first kappa shape index (κ1) is 18.4. The van der Waals surface area contributed by atoms with Crippen molar-refractivity contribution in [2.24, 2.45) is 0 Å². The minimum absolute atomic E-state index is 0.0774. The molecule has 0 spiro atoms. The summed E-state index contributed by atoms with van der Waals surface area (Å²) < 4.78 is 0. The lowest BCUT2D eigenvalue weighted by Gasteiger charge is -2.28. The molecular weight excluding hydrogens is 366 g/mol. The molecule has 0 bridgehead atoms. The summed E-state index contributed by atoms with van der Waals surface area (Å²) in [4.78, 5) is 24.8. The molecule has 2 heterocycles. The van der Waals surface area contributed by atoms with Crippen molar-refractivity contribution in [3.8, 4) is 6.07 Å². The van der Waals surface area contributed by atoms with Crippen molar-refractivity contribution in [3.63, 3.8) is 0 Å². The maximum atomic E-state index is 12.7. The first-order chi connectivity index (χ1) is 14.0. The van der Waals surface area contributed by atoms with Gasteiger partial charge in [0, 0.05) is 29.1 Å². The lowest BCUT2D eigenvalue weighted by molar-refractivity contribution is -0.121. The summed E-state index contributed by atoms with van der Waals surface area (Å²) >= 11 is 0. The van der Waals surface area contributed by atoms with Crippen molar-refractivity contribution in [3.05, 3.63) is 71.1 Å². The molecule has 2 aromatic carbocycles. The molecule has 2 amide bonds. The Labute approximate surface area is 167 Å². The van der Waals surface area contributed by atoms with E-state index in [1.807, 2.05) is 37.3 Å². The van der Waals surface area contributed by atoms with Crippen LogP contribution in [-0.4, -0.2) is 22.0 Å². The Morgan fingerprint density at radius 3 is 2.83 bits per heavy atom. The van der Waals surface area contributed by atoms with Crippen LogP contribution in [-0.2, 0) is 9.59 Å². The fourth-order valence-electron chi connectivity index (χ4n) is 3.67. The molecule has 1 unspecified atom stereocenters. The zero-order valence-electron chi connectivity index (χ0n) is 15.8. The minimum Gasteiger partial charge on any atom is -0.330 e. The van der Waals surface area contributed by atoms with Crippen molar-refractivity contribution >= 4 is 28.4 Å². The molecule has 0 saturated carbocycles. The van der Waals surface area contributed by atoms with Gasteiger partial charge < -0.3 is 10.6 Å². The first-order valence-electron chi connectivity index (χ1n) is 9.26. The zero-order valence-corrected chi connectivity index (χ0v) is 15.8. The average Bonchev–Trinajstić information content (AvgIpc) is 3.18. The minimum atomic E-state index is -0.196. The number of carbonyl (C=O) groups excluding carboxylic acids is 2. The van der Waals surface area contributed by atoms with Gasteiger partial charge in [0.2, 0.25) is 11.8 Å². The second kappa shape index (κ2) is 7.60. The predicted molar refractivity (Wildman–Crippen MR) is 109 cm³/mol. The Bertz CT molecular complexity index is 1170. The third kappa shape index (κ3) is 3.87. The first-order valence-corrected chi connectivity index (χ1v) is 9.26. The smallest absolute Gasteiger partial charge is 0.228 e. The monoisotopic (exact) mass is 385 g/mol. The third-order valence-electron chi connectivity index (χ3n) is 5.14. The van der Waals surface area contributed by atoms with E-state index in [2.05, 4.69) is 26.9 Å². The van der Waals surface area contributed by atoms with Crippen LogP contribution in [0.5, 0.6) is 0 Å². The molecule has 7 heteroatoms. The van der Waals surface area contributed by atoms with Crippen LogP contribution in [0, 0.1) is 11.3 Å². The normalized spacial score (nSPS) is 16.4. The van der Waals surface area contributed by atoms with Gasteiger partial charge in [-0.3, -0.25) is 14.7 Å². The molecule has 1 aromatic heterocycles. The molecule has 1 aliphatic heterocycles. The largest absolute Gasteiger partial charge is 0.330 e. The highest BCUT2D eigenvalue weighted by Gasteiger charge is 2.28. The van der Waals surface area contributed by atoms with Crippen LogP contribution in [0.4, 0.5) is 5.69 Å². The number of nitrogens with one attached hydrogen (secondary N) is 3. The van der Waals surface area contributed by atoms with Gasteiger partial charge in [0.15, 0.2) is 0 Å². The fourth-order valence-corrected chi connectivity index (χ4v) is 3.67. The number of H-pyrrole nitrogens is 1. The summed E-state index contributed by atoms with van der Waals surface area (Å²) in [5, 5.41) is 22.5. The van der Waals surface area contributed by atoms with Crippen LogP contribution in [0.1, 0.15) is 36.8 Å². The van der Waals surface area contributed by atoms with Crippen LogP contribution in [0.3, 0.4) is 0 Å². The predicted octanol–water partition coefficient (Wildman–Crippen LogP) is 3.34. The quantitative estimate of drug-likeness (QED) is 0.639. The van der Waals surface area contributed by atoms with Gasteiger partial charge in [-0.15, -0.1) is 0 Å². The number of aromatic amines is 1. The van der Waals surface area contributed by atoms with Crippen molar-refractivity contribution < 1.29 is 9.59 Å². The lowest BCUT2D eigenvalue weighted by Crippen LogP contribution is -2.32. The highest BCUT2D eigenvalue weighted by atomic mass is 16.2. The average molecular weight is 385 g/mol. The standard InChI is InChI=1S/C22H19N5O2/c1-13-18(9-22(29)26-17-6-7-20-16(8-17)12-24-27-20)19(10-21(28)25-13)15-4-2-14(11-23)3-5-15/h2-8,12,19H,9-10H2,1H3,(H,24,27)(H,25,28)(H,26,29). The number of fused-ring (bicyclic) bond motifs is 1. The SMILES string of the molecule is CC1=C(CC(=O)Nc2ccc3[nH]ncc3c2)C(c2ccc(C#N)cc2)CC(=O)N1. The number of anilines is 1. The van der Waals surface area contributed by atoms with E-state index in [-0.39, 0.29) is 30.6 Å². The second-order valence-electron chi connectivity index (χ2n) is 7.09. The van der Waals surface area contributed by atoms with E-state index >= 15 is 0 Å². The summed E-state index contributed by atoms with van der Waals surface area (Å²) in [6.07, 6.45) is 2.14. The Morgan fingerprint density at radius 1 is 1.28 bits per heavy atom. The number of benzene rings is 2.